The monoisotopic (exact) mass is 217 g/mol. The van der Waals surface area contributed by atoms with Crippen LogP contribution in [0.5, 0.6) is 11.5 Å². The normalized spacial score (nSPS) is 10.1. The minimum Gasteiger partial charge on any atom is -0.493 e. The molecule has 0 N–H and O–H groups in total. The summed E-state index contributed by atoms with van der Waals surface area (Å²) in [6.45, 7) is 3.78. The molecule has 16 heavy (non-hydrogen) atoms. The van der Waals surface area contributed by atoms with Gasteiger partial charge in [-0.1, -0.05) is 12.7 Å². The molecule has 0 atom stereocenters. The van der Waals surface area contributed by atoms with Gasteiger partial charge in [-0.2, -0.15) is 0 Å². The minimum atomic E-state index is 0. The molecule has 0 saturated carbocycles. The number of pyridine rings is 1. The predicted molar refractivity (Wildman–Crippen MR) is 67.1 cm³/mol. The average Bonchev–Trinajstić information content (AvgIpc) is 2.36. The van der Waals surface area contributed by atoms with Gasteiger partial charge in [0.2, 0.25) is 0 Å². The third-order valence-electron chi connectivity index (χ3n) is 2.50. The van der Waals surface area contributed by atoms with Crippen LogP contribution in [0.4, 0.5) is 0 Å². The lowest BCUT2D eigenvalue weighted by molar-refractivity contribution is 0.356. The SMILES string of the molecule is C=Cc1ccnc2cc(OC)c(OC)cc12.[HH]. The highest BCUT2D eigenvalue weighted by Crippen LogP contribution is 2.32. The smallest absolute Gasteiger partial charge is 0.162 e. The largest absolute Gasteiger partial charge is 0.493 e. The Morgan fingerprint density at radius 1 is 1.25 bits per heavy atom. The molecule has 0 radical (unpaired) electrons. The molecular weight excluding hydrogens is 202 g/mol. The number of nitrogens with zero attached hydrogens (tertiary/aromatic N) is 1. The summed E-state index contributed by atoms with van der Waals surface area (Å²) >= 11 is 0. The molecule has 3 heteroatoms. The number of methoxy groups -OCH3 is 2. The second kappa shape index (κ2) is 4.23. The van der Waals surface area contributed by atoms with E-state index < -0.39 is 0 Å². The Morgan fingerprint density at radius 2 is 1.94 bits per heavy atom. The maximum absolute atomic E-state index is 5.26. The molecule has 2 aromatic rings. The molecule has 0 spiro atoms. The summed E-state index contributed by atoms with van der Waals surface area (Å²) in [5, 5.41) is 1.01. The van der Waals surface area contributed by atoms with Crippen LogP contribution in [0.15, 0.2) is 31.0 Å². The van der Waals surface area contributed by atoms with Crippen molar-refractivity contribution in [3.05, 3.63) is 36.5 Å². The highest BCUT2D eigenvalue weighted by molar-refractivity contribution is 5.90. The van der Waals surface area contributed by atoms with Crippen LogP contribution in [-0.2, 0) is 0 Å². The van der Waals surface area contributed by atoms with E-state index in [0.717, 1.165) is 16.5 Å². The summed E-state index contributed by atoms with van der Waals surface area (Å²) < 4.78 is 10.5. The first-order valence-electron chi connectivity index (χ1n) is 4.93. The quantitative estimate of drug-likeness (QED) is 0.791. The van der Waals surface area contributed by atoms with Crippen molar-refractivity contribution in [3.63, 3.8) is 0 Å². The Kier molecular flexibility index (Phi) is 2.77. The Labute approximate surface area is 95.8 Å². The summed E-state index contributed by atoms with van der Waals surface area (Å²) in [6, 6.07) is 5.70. The number of fused-ring (bicyclic) bond motifs is 1. The number of hydrogen-bond acceptors (Lipinski definition) is 3. The van der Waals surface area contributed by atoms with Crippen molar-refractivity contribution in [3.8, 4) is 11.5 Å². The topological polar surface area (TPSA) is 31.4 Å². The maximum Gasteiger partial charge on any atom is 0.162 e. The van der Waals surface area contributed by atoms with E-state index >= 15 is 0 Å². The summed E-state index contributed by atoms with van der Waals surface area (Å²) in [7, 11) is 3.23. The zero-order chi connectivity index (χ0) is 11.5. The van der Waals surface area contributed by atoms with Crippen molar-refractivity contribution in [2.45, 2.75) is 0 Å². The minimum absolute atomic E-state index is 0. The first-order valence-corrected chi connectivity index (χ1v) is 4.93. The van der Waals surface area contributed by atoms with Crippen LogP contribution in [0.1, 0.15) is 6.99 Å². The van der Waals surface area contributed by atoms with E-state index in [4.69, 9.17) is 9.47 Å². The van der Waals surface area contributed by atoms with Crippen LogP contribution in [0.25, 0.3) is 17.0 Å². The molecule has 0 saturated heterocycles. The van der Waals surface area contributed by atoms with Crippen molar-refractivity contribution in [2.75, 3.05) is 14.2 Å². The summed E-state index contributed by atoms with van der Waals surface area (Å²) in [6.07, 6.45) is 3.56. The van der Waals surface area contributed by atoms with Gasteiger partial charge in [0.05, 0.1) is 19.7 Å². The fourth-order valence-corrected chi connectivity index (χ4v) is 1.67. The van der Waals surface area contributed by atoms with Crippen LogP contribution >= 0.6 is 0 Å². The molecule has 0 aliphatic rings. The van der Waals surface area contributed by atoms with Gasteiger partial charge < -0.3 is 9.47 Å². The zero-order valence-corrected chi connectivity index (χ0v) is 9.36. The molecule has 84 valence electrons. The molecule has 0 unspecified atom stereocenters. The number of hydrogen-bond donors (Lipinski definition) is 0. The molecule has 0 bridgehead atoms. The average molecular weight is 217 g/mol. The summed E-state index contributed by atoms with van der Waals surface area (Å²) in [4.78, 5) is 4.29. The third kappa shape index (κ3) is 1.60. The van der Waals surface area contributed by atoms with Crippen LogP contribution in [0.3, 0.4) is 0 Å². The second-order valence-electron chi connectivity index (χ2n) is 3.33. The highest BCUT2D eigenvalue weighted by Gasteiger charge is 2.08. The Balaban J connectivity index is 0.00000144. The lowest BCUT2D eigenvalue weighted by Gasteiger charge is -2.09. The number of aromatic nitrogens is 1. The van der Waals surface area contributed by atoms with E-state index in [1.807, 2.05) is 18.2 Å². The second-order valence-corrected chi connectivity index (χ2v) is 3.33. The van der Waals surface area contributed by atoms with E-state index in [-0.39, 0.29) is 1.43 Å². The van der Waals surface area contributed by atoms with Gasteiger partial charge in [-0.25, -0.2) is 0 Å². The molecule has 1 aromatic heterocycles. The standard InChI is InChI=1S/C13H13NO2.H2/c1-4-9-5-6-14-11-8-13(16-3)12(15-2)7-10(9)11;/h4-8H,1H2,2-3H3;1H. The number of rotatable bonds is 3. The molecule has 2 rings (SSSR count). The van der Waals surface area contributed by atoms with Gasteiger partial charge in [-0.05, 0) is 17.7 Å². The van der Waals surface area contributed by atoms with Crippen molar-refractivity contribution >= 4 is 17.0 Å². The van der Waals surface area contributed by atoms with Crippen molar-refractivity contribution in [1.82, 2.24) is 4.98 Å². The molecular formula is C13H15NO2. The molecule has 0 fully saturated rings. The van der Waals surface area contributed by atoms with E-state index in [1.165, 1.54) is 0 Å². The van der Waals surface area contributed by atoms with Gasteiger partial charge in [0.15, 0.2) is 11.5 Å². The van der Waals surface area contributed by atoms with Crippen LogP contribution in [-0.4, -0.2) is 19.2 Å². The Morgan fingerprint density at radius 3 is 2.56 bits per heavy atom. The van der Waals surface area contributed by atoms with Gasteiger partial charge in [0, 0.05) is 19.1 Å². The first kappa shape index (κ1) is 10.5. The van der Waals surface area contributed by atoms with E-state index in [2.05, 4.69) is 11.6 Å². The number of benzene rings is 1. The van der Waals surface area contributed by atoms with Gasteiger partial charge in [-0.3, -0.25) is 4.98 Å². The fourth-order valence-electron chi connectivity index (χ4n) is 1.67. The Bertz CT molecular complexity index is 540. The predicted octanol–water partition coefficient (Wildman–Crippen LogP) is 3.14. The third-order valence-corrected chi connectivity index (χ3v) is 2.50. The molecule has 3 nitrogen and oxygen atoms in total. The molecule has 0 aliphatic heterocycles. The molecule has 1 aromatic carbocycles. The molecule has 0 aliphatic carbocycles. The maximum atomic E-state index is 5.26. The van der Waals surface area contributed by atoms with Crippen molar-refractivity contribution in [1.29, 1.82) is 0 Å². The summed E-state index contributed by atoms with van der Waals surface area (Å²) in [5.74, 6) is 1.38. The molecule has 1 heterocycles. The van der Waals surface area contributed by atoms with Gasteiger partial charge >= 0.3 is 0 Å². The van der Waals surface area contributed by atoms with Crippen LogP contribution < -0.4 is 9.47 Å². The van der Waals surface area contributed by atoms with Gasteiger partial charge in [0.25, 0.3) is 0 Å². The first-order chi connectivity index (χ1) is 7.80. The lowest BCUT2D eigenvalue weighted by atomic mass is 10.1. The number of ether oxygens (including phenoxy) is 2. The Hall–Kier alpha value is -2.03. The van der Waals surface area contributed by atoms with E-state index in [1.54, 1.807) is 26.5 Å². The fraction of sp³-hybridized carbons (Fsp3) is 0.154. The highest BCUT2D eigenvalue weighted by atomic mass is 16.5. The molecule has 0 amide bonds. The van der Waals surface area contributed by atoms with Gasteiger partial charge in [-0.15, -0.1) is 0 Å². The van der Waals surface area contributed by atoms with Gasteiger partial charge in [0.1, 0.15) is 0 Å². The zero-order valence-electron chi connectivity index (χ0n) is 9.36. The van der Waals surface area contributed by atoms with Crippen molar-refractivity contribution < 1.29 is 10.9 Å². The lowest BCUT2D eigenvalue weighted by Crippen LogP contribution is -1.92. The van der Waals surface area contributed by atoms with E-state index in [0.29, 0.717) is 11.5 Å². The summed E-state index contributed by atoms with van der Waals surface area (Å²) in [5.41, 5.74) is 1.90. The van der Waals surface area contributed by atoms with Crippen molar-refractivity contribution in [2.24, 2.45) is 0 Å². The van der Waals surface area contributed by atoms with Crippen LogP contribution in [0, 0.1) is 0 Å². The van der Waals surface area contributed by atoms with Crippen LogP contribution in [0.2, 0.25) is 0 Å². The van der Waals surface area contributed by atoms with E-state index in [9.17, 15) is 0 Å².